The third kappa shape index (κ3) is 3.21. The minimum atomic E-state index is -0.200. The molecule has 1 amide bonds. The molecule has 2 aromatic rings. The lowest BCUT2D eigenvalue weighted by atomic mass is 9.89. The van der Waals surface area contributed by atoms with Crippen LogP contribution in [0.2, 0.25) is 5.02 Å². The summed E-state index contributed by atoms with van der Waals surface area (Å²) in [4.78, 5) is 15.0. The molecule has 6 heteroatoms. The lowest BCUT2D eigenvalue weighted by Crippen LogP contribution is -2.37. The van der Waals surface area contributed by atoms with E-state index in [2.05, 4.69) is 23.6 Å². The molecule has 0 saturated carbocycles. The monoisotopic (exact) mass is 391 g/mol. The Morgan fingerprint density at radius 2 is 2.04 bits per heavy atom. The average molecular weight is 392 g/mol. The van der Waals surface area contributed by atoms with Crippen molar-refractivity contribution in [2.45, 2.75) is 28.9 Å². The van der Waals surface area contributed by atoms with Gasteiger partial charge in [-0.3, -0.25) is 0 Å². The number of thiophene rings is 1. The van der Waals surface area contributed by atoms with Crippen LogP contribution in [0.1, 0.15) is 30.9 Å². The number of nitrogens with zero attached hydrogens (tertiary/aromatic N) is 1. The largest absolute Gasteiger partial charge is 0.450 e. The Labute approximate surface area is 160 Å². The van der Waals surface area contributed by atoms with Crippen LogP contribution >= 0.6 is 34.7 Å². The minimum Gasteiger partial charge on any atom is -0.450 e. The Kier molecular flexibility index (Phi) is 4.80. The van der Waals surface area contributed by atoms with Crippen molar-refractivity contribution in [3.8, 4) is 0 Å². The van der Waals surface area contributed by atoms with Gasteiger partial charge in [0.1, 0.15) is 0 Å². The third-order valence-corrected chi connectivity index (χ3v) is 7.00. The summed E-state index contributed by atoms with van der Waals surface area (Å²) < 4.78 is 6.45. The van der Waals surface area contributed by atoms with Crippen LogP contribution in [0, 0.1) is 0 Å². The van der Waals surface area contributed by atoms with Crippen molar-refractivity contribution in [1.82, 2.24) is 4.90 Å². The summed E-state index contributed by atoms with van der Waals surface area (Å²) in [5.74, 6) is 0. The maximum Gasteiger partial charge on any atom is 0.409 e. The fraction of sp³-hybridized carbons (Fsp3) is 0.316. The molecule has 3 heterocycles. The van der Waals surface area contributed by atoms with Crippen molar-refractivity contribution in [2.75, 3.05) is 19.7 Å². The zero-order valence-electron chi connectivity index (χ0n) is 13.9. The summed E-state index contributed by atoms with van der Waals surface area (Å²) in [6.07, 6.45) is 1.57. The maximum absolute atomic E-state index is 11.9. The smallest absolute Gasteiger partial charge is 0.409 e. The molecule has 0 N–H and O–H groups in total. The first kappa shape index (κ1) is 17.0. The highest BCUT2D eigenvalue weighted by atomic mass is 35.5. The van der Waals surface area contributed by atoms with Gasteiger partial charge in [-0.1, -0.05) is 35.0 Å². The lowest BCUT2D eigenvalue weighted by molar-refractivity contribution is 0.104. The van der Waals surface area contributed by atoms with Gasteiger partial charge in [-0.15, -0.1) is 11.3 Å². The molecule has 0 atom stereocenters. The number of hydrogen-bond acceptors (Lipinski definition) is 4. The van der Waals surface area contributed by atoms with Gasteiger partial charge in [0.2, 0.25) is 0 Å². The van der Waals surface area contributed by atoms with E-state index in [0.29, 0.717) is 19.7 Å². The fourth-order valence-corrected chi connectivity index (χ4v) is 5.83. The van der Waals surface area contributed by atoms with Crippen LogP contribution in [0.15, 0.2) is 44.3 Å². The number of benzene rings is 1. The molecular formula is C19H18ClNO2S2. The first-order chi connectivity index (χ1) is 12.2. The van der Waals surface area contributed by atoms with Crippen LogP contribution in [-0.2, 0) is 4.74 Å². The molecule has 0 spiro atoms. The number of likely N-dealkylation sites (tertiary alicyclic amines) is 1. The number of piperidine rings is 1. The highest BCUT2D eigenvalue weighted by molar-refractivity contribution is 8.01. The Bertz CT molecular complexity index is 849. The fourth-order valence-electron chi connectivity index (χ4n) is 3.40. The van der Waals surface area contributed by atoms with Gasteiger partial charge in [-0.05, 0) is 54.5 Å². The van der Waals surface area contributed by atoms with Crippen LogP contribution in [0.4, 0.5) is 4.79 Å². The second-order valence-corrected chi connectivity index (χ2v) is 8.69. The van der Waals surface area contributed by atoms with E-state index in [1.807, 2.05) is 17.9 Å². The summed E-state index contributed by atoms with van der Waals surface area (Å²) in [6, 6.07) is 8.36. The van der Waals surface area contributed by atoms with E-state index in [1.165, 1.54) is 31.4 Å². The van der Waals surface area contributed by atoms with Crippen molar-refractivity contribution < 1.29 is 9.53 Å². The normalized spacial score (nSPS) is 16.5. The minimum absolute atomic E-state index is 0.200. The summed E-state index contributed by atoms with van der Waals surface area (Å²) >= 11 is 9.79. The van der Waals surface area contributed by atoms with Gasteiger partial charge < -0.3 is 9.64 Å². The van der Waals surface area contributed by atoms with Gasteiger partial charge in [-0.25, -0.2) is 4.79 Å². The van der Waals surface area contributed by atoms with Gasteiger partial charge in [-0.2, -0.15) is 0 Å². The molecule has 2 aliphatic heterocycles. The maximum atomic E-state index is 11.9. The van der Waals surface area contributed by atoms with Crippen LogP contribution in [0.25, 0.3) is 5.57 Å². The van der Waals surface area contributed by atoms with Crippen LogP contribution in [0.3, 0.4) is 0 Å². The lowest BCUT2D eigenvalue weighted by Gasteiger charge is -2.30. The number of hydrogen-bond donors (Lipinski definition) is 0. The molecule has 130 valence electrons. The molecule has 0 radical (unpaired) electrons. The van der Waals surface area contributed by atoms with E-state index in [0.717, 1.165) is 17.9 Å². The Hall–Kier alpha value is -1.43. The Balaban J connectivity index is 1.69. The topological polar surface area (TPSA) is 29.5 Å². The van der Waals surface area contributed by atoms with Gasteiger partial charge in [0.05, 0.1) is 10.8 Å². The van der Waals surface area contributed by atoms with E-state index in [-0.39, 0.29) is 6.09 Å². The zero-order valence-corrected chi connectivity index (χ0v) is 16.3. The molecule has 0 bridgehead atoms. The molecule has 0 aliphatic carbocycles. The summed E-state index contributed by atoms with van der Waals surface area (Å²) in [5.41, 5.74) is 5.35. The first-order valence-corrected chi connectivity index (χ1v) is 10.4. The van der Waals surface area contributed by atoms with E-state index in [4.69, 9.17) is 16.3 Å². The molecule has 4 rings (SSSR count). The van der Waals surface area contributed by atoms with E-state index < -0.39 is 0 Å². The highest BCUT2D eigenvalue weighted by Crippen LogP contribution is 2.50. The molecule has 1 aromatic carbocycles. The van der Waals surface area contributed by atoms with E-state index in [9.17, 15) is 4.79 Å². The van der Waals surface area contributed by atoms with Crippen molar-refractivity contribution in [3.63, 3.8) is 0 Å². The number of fused-ring (bicyclic) bond motifs is 2. The average Bonchev–Trinajstić information content (AvgIpc) is 3.08. The number of rotatable bonds is 1. The molecule has 1 saturated heterocycles. The zero-order chi connectivity index (χ0) is 17.4. The second-order valence-electron chi connectivity index (χ2n) is 6.03. The number of halogens is 1. The number of carbonyl (C=O) groups excluding carboxylic acids is 1. The van der Waals surface area contributed by atoms with Gasteiger partial charge in [0, 0.05) is 28.6 Å². The quantitative estimate of drug-likeness (QED) is 0.515. The van der Waals surface area contributed by atoms with Crippen molar-refractivity contribution >= 4 is 46.4 Å². The van der Waals surface area contributed by atoms with Crippen LogP contribution in [-0.4, -0.2) is 30.7 Å². The van der Waals surface area contributed by atoms with Gasteiger partial charge in [0.15, 0.2) is 0 Å². The van der Waals surface area contributed by atoms with Crippen LogP contribution < -0.4 is 0 Å². The standard InChI is InChI=1S/C19H18ClNO2S2/c1-2-23-19(22)21-8-5-12(6-9-21)17-14-4-3-13(20)11-16(14)25-18-15(17)7-10-24-18/h3-4,7,10-11H,2,5-6,8-9H2,1H3. The molecule has 3 nitrogen and oxygen atoms in total. The summed E-state index contributed by atoms with van der Waals surface area (Å²) in [7, 11) is 0. The molecule has 0 unspecified atom stereocenters. The first-order valence-electron chi connectivity index (χ1n) is 8.36. The Morgan fingerprint density at radius 3 is 2.80 bits per heavy atom. The summed E-state index contributed by atoms with van der Waals surface area (Å²) in [6.45, 7) is 3.70. The predicted octanol–water partition coefficient (Wildman–Crippen LogP) is 5.92. The van der Waals surface area contributed by atoms with Crippen molar-refractivity contribution in [1.29, 1.82) is 0 Å². The predicted molar refractivity (Wildman–Crippen MR) is 104 cm³/mol. The van der Waals surface area contributed by atoms with E-state index >= 15 is 0 Å². The SMILES string of the molecule is CCOC(=O)N1CCC(=C2c3ccc(Cl)cc3Sc3sccc32)CC1. The Morgan fingerprint density at radius 1 is 1.24 bits per heavy atom. The van der Waals surface area contributed by atoms with Crippen LogP contribution in [0.5, 0.6) is 0 Å². The molecule has 1 fully saturated rings. The molecule has 2 aliphatic rings. The van der Waals surface area contributed by atoms with Crippen molar-refractivity contribution in [2.24, 2.45) is 0 Å². The van der Waals surface area contributed by atoms with Crippen molar-refractivity contribution in [3.05, 3.63) is 51.4 Å². The molecule has 1 aromatic heterocycles. The highest BCUT2D eigenvalue weighted by Gasteiger charge is 2.28. The summed E-state index contributed by atoms with van der Waals surface area (Å²) in [5, 5.41) is 2.92. The van der Waals surface area contributed by atoms with Gasteiger partial charge in [0.25, 0.3) is 0 Å². The molecule has 25 heavy (non-hydrogen) atoms. The third-order valence-electron chi connectivity index (χ3n) is 4.56. The number of ether oxygens (including phenoxy) is 1. The van der Waals surface area contributed by atoms with Gasteiger partial charge >= 0.3 is 6.09 Å². The van der Waals surface area contributed by atoms with E-state index in [1.54, 1.807) is 23.1 Å². The molecular weight excluding hydrogens is 374 g/mol. The number of carbonyl (C=O) groups is 1. The number of amides is 1. The second kappa shape index (κ2) is 7.06.